The summed E-state index contributed by atoms with van der Waals surface area (Å²) in [5.41, 5.74) is 4.23. The van der Waals surface area contributed by atoms with Gasteiger partial charge in [0, 0.05) is 21.7 Å². The standard InChI is InChI=1S/C20H13ClO2/c21-17-10-15(12-22)20(16(11-17)13-23)19-9-5-4-8-18(19)14-6-2-1-3-7-14/h1-13H. The Balaban J connectivity index is 2.33. The largest absolute Gasteiger partial charge is 0.298 e. The minimum absolute atomic E-state index is 0.371. The first-order chi connectivity index (χ1) is 11.2. The maximum absolute atomic E-state index is 11.5. The molecule has 0 saturated carbocycles. The van der Waals surface area contributed by atoms with Crippen LogP contribution in [0.5, 0.6) is 0 Å². The highest BCUT2D eigenvalue weighted by Gasteiger charge is 2.15. The van der Waals surface area contributed by atoms with E-state index in [1.165, 1.54) is 0 Å². The second-order valence-corrected chi connectivity index (χ2v) is 5.54. The van der Waals surface area contributed by atoms with Crippen molar-refractivity contribution in [3.63, 3.8) is 0 Å². The fraction of sp³-hybridized carbons (Fsp3) is 0. The Hall–Kier alpha value is -2.71. The van der Waals surface area contributed by atoms with E-state index in [0.717, 1.165) is 29.3 Å². The van der Waals surface area contributed by atoms with Crippen molar-refractivity contribution in [3.05, 3.63) is 82.9 Å². The Morgan fingerprint density at radius 1 is 0.696 bits per heavy atom. The van der Waals surface area contributed by atoms with Crippen molar-refractivity contribution >= 4 is 24.2 Å². The normalized spacial score (nSPS) is 10.3. The van der Waals surface area contributed by atoms with Crippen LogP contribution in [-0.4, -0.2) is 12.6 Å². The summed E-state index contributed by atoms with van der Waals surface area (Å²) in [5.74, 6) is 0. The molecule has 0 unspecified atom stereocenters. The molecule has 0 amide bonds. The summed E-state index contributed by atoms with van der Waals surface area (Å²) < 4.78 is 0. The van der Waals surface area contributed by atoms with Gasteiger partial charge in [0.25, 0.3) is 0 Å². The maximum atomic E-state index is 11.5. The number of benzene rings is 3. The SMILES string of the molecule is O=Cc1cc(Cl)cc(C=O)c1-c1ccccc1-c1ccccc1. The van der Waals surface area contributed by atoms with Gasteiger partial charge in [-0.2, -0.15) is 0 Å². The van der Waals surface area contributed by atoms with Crippen molar-refractivity contribution in [2.24, 2.45) is 0 Å². The van der Waals surface area contributed by atoms with Gasteiger partial charge in [-0.1, -0.05) is 66.2 Å². The first-order valence-electron chi connectivity index (χ1n) is 7.13. The summed E-state index contributed by atoms with van der Waals surface area (Å²) in [4.78, 5) is 23.0. The number of carbonyl (C=O) groups excluding carboxylic acids is 2. The topological polar surface area (TPSA) is 34.1 Å². The van der Waals surface area contributed by atoms with E-state index in [4.69, 9.17) is 11.6 Å². The third-order valence-electron chi connectivity index (χ3n) is 3.70. The maximum Gasteiger partial charge on any atom is 0.150 e. The lowest BCUT2D eigenvalue weighted by Gasteiger charge is -2.14. The van der Waals surface area contributed by atoms with Gasteiger partial charge < -0.3 is 0 Å². The molecule has 3 heteroatoms. The van der Waals surface area contributed by atoms with Gasteiger partial charge in [0.1, 0.15) is 0 Å². The predicted octanol–water partition coefficient (Wildman–Crippen LogP) is 5.30. The Kier molecular flexibility index (Phi) is 4.35. The van der Waals surface area contributed by atoms with Crippen molar-refractivity contribution in [1.29, 1.82) is 0 Å². The first-order valence-corrected chi connectivity index (χ1v) is 7.51. The number of hydrogen-bond acceptors (Lipinski definition) is 2. The molecule has 0 aromatic heterocycles. The van der Waals surface area contributed by atoms with E-state index in [1.807, 2.05) is 54.6 Å². The van der Waals surface area contributed by atoms with E-state index < -0.39 is 0 Å². The second-order valence-electron chi connectivity index (χ2n) is 5.11. The predicted molar refractivity (Wildman–Crippen MR) is 93.1 cm³/mol. The number of aldehydes is 2. The summed E-state index contributed by atoms with van der Waals surface area (Å²) in [5, 5.41) is 0.371. The second kappa shape index (κ2) is 6.59. The van der Waals surface area contributed by atoms with Gasteiger partial charge >= 0.3 is 0 Å². The van der Waals surface area contributed by atoms with Crippen molar-refractivity contribution in [3.8, 4) is 22.3 Å². The molecule has 0 fully saturated rings. The molecule has 2 nitrogen and oxygen atoms in total. The van der Waals surface area contributed by atoms with E-state index in [-0.39, 0.29) is 0 Å². The number of hydrogen-bond donors (Lipinski definition) is 0. The van der Waals surface area contributed by atoms with Gasteiger partial charge in [0.2, 0.25) is 0 Å². The molecule has 0 heterocycles. The quantitative estimate of drug-likeness (QED) is 0.611. The molecular formula is C20H13ClO2. The molecule has 0 aliphatic rings. The highest BCUT2D eigenvalue weighted by atomic mass is 35.5. The summed E-state index contributed by atoms with van der Waals surface area (Å²) in [7, 11) is 0. The molecule has 3 aromatic carbocycles. The van der Waals surface area contributed by atoms with Crippen LogP contribution in [0.4, 0.5) is 0 Å². The van der Waals surface area contributed by atoms with E-state index in [9.17, 15) is 9.59 Å². The molecule has 0 bridgehead atoms. The molecule has 0 spiro atoms. The van der Waals surface area contributed by atoms with Gasteiger partial charge in [-0.3, -0.25) is 9.59 Å². The van der Waals surface area contributed by atoms with Crippen LogP contribution in [0.15, 0.2) is 66.7 Å². The molecule has 0 atom stereocenters. The first kappa shape index (κ1) is 15.2. The molecule has 112 valence electrons. The number of carbonyl (C=O) groups is 2. The van der Waals surface area contributed by atoms with E-state index in [2.05, 4.69) is 0 Å². The van der Waals surface area contributed by atoms with Gasteiger partial charge in [-0.25, -0.2) is 0 Å². The number of halogens is 1. The molecule has 0 aliphatic heterocycles. The lowest BCUT2D eigenvalue weighted by molar-refractivity contribution is 0.112. The van der Waals surface area contributed by atoms with Crippen LogP contribution >= 0.6 is 11.6 Å². The minimum atomic E-state index is 0.371. The van der Waals surface area contributed by atoms with Gasteiger partial charge in [-0.15, -0.1) is 0 Å². The highest BCUT2D eigenvalue weighted by Crippen LogP contribution is 2.36. The molecule has 0 N–H and O–H groups in total. The van der Waals surface area contributed by atoms with Crippen LogP contribution in [0.25, 0.3) is 22.3 Å². The molecule has 0 saturated heterocycles. The Morgan fingerprint density at radius 3 is 1.78 bits per heavy atom. The molecule has 0 radical (unpaired) electrons. The van der Waals surface area contributed by atoms with Crippen LogP contribution in [0.3, 0.4) is 0 Å². The van der Waals surface area contributed by atoms with Gasteiger partial charge in [0.15, 0.2) is 12.6 Å². The summed E-state index contributed by atoms with van der Waals surface area (Å²) in [6.45, 7) is 0. The third kappa shape index (κ3) is 2.94. The minimum Gasteiger partial charge on any atom is -0.298 e. The Morgan fingerprint density at radius 2 is 1.22 bits per heavy atom. The lowest BCUT2D eigenvalue weighted by Crippen LogP contribution is -1.96. The van der Waals surface area contributed by atoms with Crippen LogP contribution in [0.1, 0.15) is 20.7 Å². The molecule has 3 rings (SSSR count). The smallest absolute Gasteiger partial charge is 0.150 e. The van der Waals surface area contributed by atoms with Crippen LogP contribution in [0.2, 0.25) is 5.02 Å². The van der Waals surface area contributed by atoms with Crippen molar-refractivity contribution < 1.29 is 9.59 Å². The average molecular weight is 321 g/mol. The molecule has 23 heavy (non-hydrogen) atoms. The third-order valence-corrected chi connectivity index (χ3v) is 3.92. The Bertz CT molecular complexity index is 841. The van der Waals surface area contributed by atoms with Crippen LogP contribution < -0.4 is 0 Å². The fourth-order valence-electron chi connectivity index (χ4n) is 2.72. The zero-order valence-electron chi connectivity index (χ0n) is 12.2. The van der Waals surface area contributed by atoms with Crippen LogP contribution in [0, 0.1) is 0 Å². The fourth-order valence-corrected chi connectivity index (χ4v) is 2.95. The zero-order valence-corrected chi connectivity index (χ0v) is 13.0. The monoisotopic (exact) mass is 320 g/mol. The van der Waals surface area contributed by atoms with Crippen molar-refractivity contribution in [2.75, 3.05) is 0 Å². The molecular weight excluding hydrogens is 308 g/mol. The van der Waals surface area contributed by atoms with Gasteiger partial charge in [-0.05, 0) is 28.8 Å². The Labute approximate surface area is 139 Å². The number of rotatable bonds is 4. The average Bonchev–Trinajstić information content (AvgIpc) is 2.61. The summed E-state index contributed by atoms with van der Waals surface area (Å²) in [6, 6.07) is 20.7. The van der Waals surface area contributed by atoms with E-state index in [0.29, 0.717) is 21.7 Å². The van der Waals surface area contributed by atoms with Gasteiger partial charge in [0.05, 0.1) is 0 Å². The lowest BCUT2D eigenvalue weighted by atomic mass is 9.89. The summed E-state index contributed by atoms with van der Waals surface area (Å²) >= 11 is 6.01. The van der Waals surface area contributed by atoms with E-state index >= 15 is 0 Å². The zero-order chi connectivity index (χ0) is 16.2. The molecule has 0 aliphatic carbocycles. The highest BCUT2D eigenvalue weighted by molar-refractivity contribution is 6.31. The molecule has 3 aromatic rings. The van der Waals surface area contributed by atoms with E-state index in [1.54, 1.807) is 12.1 Å². The van der Waals surface area contributed by atoms with Crippen molar-refractivity contribution in [1.82, 2.24) is 0 Å². The van der Waals surface area contributed by atoms with Crippen molar-refractivity contribution in [2.45, 2.75) is 0 Å². The van der Waals surface area contributed by atoms with Crippen LogP contribution in [-0.2, 0) is 0 Å². The summed E-state index contributed by atoms with van der Waals surface area (Å²) in [6.07, 6.45) is 1.46.